The number of methoxy groups -OCH3 is 2. The summed E-state index contributed by atoms with van der Waals surface area (Å²) < 4.78 is 24.4. The summed E-state index contributed by atoms with van der Waals surface area (Å²) in [6, 6.07) is 3.89. The van der Waals surface area contributed by atoms with E-state index >= 15 is 0 Å². The maximum absolute atomic E-state index is 12.2. The van der Waals surface area contributed by atoms with Gasteiger partial charge in [0.25, 0.3) is 0 Å². The van der Waals surface area contributed by atoms with Crippen LogP contribution in [-0.4, -0.2) is 51.2 Å². The molecule has 0 aromatic carbocycles. The van der Waals surface area contributed by atoms with Crippen molar-refractivity contribution in [3.8, 4) is 0 Å². The molecule has 208 valence electrons. The van der Waals surface area contributed by atoms with E-state index in [1.165, 1.54) is 63.2 Å². The van der Waals surface area contributed by atoms with Gasteiger partial charge in [-0.3, -0.25) is 0 Å². The van der Waals surface area contributed by atoms with E-state index in [-0.39, 0.29) is 9.81 Å². The van der Waals surface area contributed by atoms with Crippen LogP contribution in [-0.2, 0) is 19.1 Å². The molecule has 0 radical (unpaired) electrons. The minimum Gasteiger partial charge on any atom is -0.465 e. The van der Waals surface area contributed by atoms with Crippen LogP contribution in [0.15, 0.2) is 62.1 Å². The van der Waals surface area contributed by atoms with Crippen LogP contribution in [0.25, 0.3) is 11.6 Å². The predicted molar refractivity (Wildman–Crippen MR) is 186 cm³/mol. The Morgan fingerprint density at radius 3 is 1.67 bits per heavy atom. The van der Waals surface area contributed by atoms with Gasteiger partial charge in [0.2, 0.25) is 0 Å². The molecule has 39 heavy (non-hydrogen) atoms. The molecule has 0 spiro atoms. The van der Waals surface area contributed by atoms with E-state index in [1.807, 2.05) is 18.2 Å². The lowest BCUT2D eigenvalue weighted by Crippen LogP contribution is -2.08. The minimum atomic E-state index is -0.568. The highest BCUT2D eigenvalue weighted by Crippen LogP contribution is 2.61. The second kappa shape index (κ2) is 15.1. The van der Waals surface area contributed by atoms with Gasteiger partial charge < -0.3 is 13.9 Å². The number of carbonyl (C=O) groups is 2. The molecule has 15 heteroatoms. The third-order valence-corrected chi connectivity index (χ3v) is 17.6. The van der Waals surface area contributed by atoms with E-state index in [4.69, 9.17) is 13.9 Å². The Morgan fingerprint density at radius 2 is 1.21 bits per heavy atom. The van der Waals surface area contributed by atoms with Gasteiger partial charge in [-0.05, 0) is 43.2 Å². The normalized spacial score (nSPS) is 17.5. The van der Waals surface area contributed by atoms with Crippen molar-refractivity contribution in [2.45, 2.75) is 0 Å². The second-order valence-electron chi connectivity index (χ2n) is 7.05. The van der Waals surface area contributed by atoms with Crippen molar-refractivity contribution < 1.29 is 23.5 Å². The lowest BCUT2D eigenvalue weighted by atomic mass is 10.2. The fraction of sp³-hybridized carbons (Fsp3) is 0.250. The molecule has 0 saturated heterocycles. The van der Waals surface area contributed by atoms with E-state index in [0.29, 0.717) is 5.76 Å². The number of hydrogen-bond acceptors (Lipinski definition) is 15. The molecule has 3 aliphatic heterocycles. The quantitative estimate of drug-likeness (QED) is 0.228. The molecular formula is C24H22O5S10. The van der Waals surface area contributed by atoms with E-state index in [1.54, 1.807) is 94.1 Å². The van der Waals surface area contributed by atoms with E-state index in [9.17, 15) is 9.59 Å². The van der Waals surface area contributed by atoms with Crippen molar-refractivity contribution in [3.05, 3.63) is 69.2 Å². The highest BCUT2D eigenvalue weighted by molar-refractivity contribution is 8.41. The Labute approximate surface area is 270 Å². The minimum absolute atomic E-state index is 0.218. The molecule has 0 bridgehead atoms. The lowest BCUT2D eigenvalue weighted by Gasteiger charge is -2.06. The van der Waals surface area contributed by atoms with Gasteiger partial charge in [-0.15, -0.1) is 47.0 Å². The van der Waals surface area contributed by atoms with Crippen molar-refractivity contribution in [3.63, 3.8) is 0 Å². The van der Waals surface area contributed by atoms with Crippen molar-refractivity contribution >= 4 is 141 Å². The summed E-state index contributed by atoms with van der Waals surface area (Å²) in [6.45, 7) is 0. The summed E-state index contributed by atoms with van der Waals surface area (Å²) in [6.07, 6.45) is 12.5. The van der Waals surface area contributed by atoms with Gasteiger partial charge in [-0.2, -0.15) is 0 Å². The summed E-state index contributed by atoms with van der Waals surface area (Å²) in [4.78, 5) is 24.9. The van der Waals surface area contributed by atoms with Crippen LogP contribution < -0.4 is 0 Å². The van der Waals surface area contributed by atoms with E-state index < -0.39 is 11.9 Å². The molecule has 0 fully saturated rings. The van der Waals surface area contributed by atoms with Crippen molar-refractivity contribution in [1.82, 2.24) is 0 Å². The zero-order chi connectivity index (χ0) is 28.1. The van der Waals surface area contributed by atoms with Crippen molar-refractivity contribution in [2.24, 2.45) is 0 Å². The molecule has 0 amide bonds. The van der Waals surface area contributed by atoms with Gasteiger partial charge in [0, 0.05) is 11.6 Å². The molecular weight excluding hydrogens is 689 g/mol. The monoisotopic (exact) mass is 710 g/mol. The molecule has 4 rings (SSSR count). The van der Waals surface area contributed by atoms with Crippen molar-refractivity contribution in [2.75, 3.05) is 39.2 Å². The molecule has 0 saturated carbocycles. The van der Waals surface area contributed by atoms with Gasteiger partial charge in [-0.25, -0.2) is 9.59 Å². The average Bonchev–Trinajstić information content (AvgIpc) is 3.75. The second-order valence-corrected chi connectivity index (χ2v) is 18.4. The van der Waals surface area contributed by atoms with Crippen LogP contribution in [0.2, 0.25) is 0 Å². The summed E-state index contributed by atoms with van der Waals surface area (Å²) in [5.41, 5.74) is 1.04. The zero-order valence-corrected chi connectivity index (χ0v) is 29.6. The van der Waals surface area contributed by atoms with Gasteiger partial charge in [0.1, 0.15) is 21.3 Å². The van der Waals surface area contributed by atoms with Gasteiger partial charge in [-0.1, -0.05) is 70.6 Å². The largest absolute Gasteiger partial charge is 0.465 e. The Kier molecular flexibility index (Phi) is 12.4. The zero-order valence-electron chi connectivity index (χ0n) is 21.4. The standard InChI is InChI=1S/C24H22O5S10/c1-27-18(25)16-17(19(26)28-2)35-14(34-16)9-11-7-8-13(29-11)12(20-38-23(32-5)24(33-6)39-20)10-15-36-21(30-3)22(31-4)37-15/h7-10H,1-6H3. The van der Waals surface area contributed by atoms with Crippen LogP contribution in [0.1, 0.15) is 11.5 Å². The maximum Gasteiger partial charge on any atom is 0.346 e. The van der Waals surface area contributed by atoms with Crippen LogP contribution in [0.4, 0.5) is 0 Å². The Balaban J connectivity index is 1.66. The first-order valence-electron chi connectivity index (χ1n) is 10.8. The van der Waals surface area contributed by atoms with Crippen LogP contribution >= 0.6 is 118 Å². The Hall–Kier alpha value is 0.160. The van der Waals surface area contributed by atoms with Crippen LogP contribution in [0.3, 0.4) is 0 Å². The molecule has 0 unspecified atom stereocenters. The smallest absolute Gasteiger partial charge is 0.346 e. The van der Waals surface area contributed by atoms with Crippen LogP contribution in [0, 0.1) is 0 Å². The number of esters is 2. The SMILES string of the molecule is COC(=O)C1=C(C(=O)OC)SC(=Cc2ccc(C(C=C3SC(SC)=C(SC)S3)=C3SC(SC)=C(SC)S3)o2)S1. The molecule has 0 atom stereocenters. The molecule has 0 aliphatic carbocycles. The molecule has 0 N–H and O–H groups in total. The summed E-state index contributed by atoms with van der Waals surface area (Å²) in [5.74, 6) is 0.254. The number of allylic oxidation sites excluding steroid dienone is 2. The highest BCUT2D eigenvalue weighted by atomic mass is 32.3. The number of furan rings is 1. The van der Waals surface area contributed by atoms with Gasteiger partial charge >= 0.3 is 11.9 Å². The molecule has 5 nitrogen and oxygen atoms in total. The topological polar surface area (TPSA) is 65.7 Å². The van der Waals surface area contributed by atoms with E-state index in [2.05, 4.69) is 31.1 Å². The third-order valence-electron chi connectivity index (χ3n) is 4.82. The highest BCUT2D eigenvalue weighted by Gasteiger charge is 2.33. The Bertz CT molecular complexity index is 1300. The average molecular weight is 711 g/mol. The van der Waals surface area contributed by atoms with E-state index in [0.717, 1.165) is 15.6 Å². The summed E-state index contributed by atoms with van der Waals surface area (Å²) in [5, 5.41) is 0. The van der Waals surface area contributed by atoms with Gasteiger partial charge in [0.15, 0.2) is 0 Å². The fourth-order valence-electron chi connectivity index (χ4n) is 3.10. The first kappa shape index (κ1) is 32.1. The third kappa shape index (κ3) is 7.57. The van der Waals surface area contributed by atoms with Gasteiger partial charge in [0.05, 0.1) is 43.9 Å². The maximum atomic E-state index is 12.2. The Morgan fingerprint density at radius 1 is 0.718 bits per heavy atom. The number of carbonyl (C=O) groups excluding carboxylic acids is 2. The molecule has 1 aromatic heterocycles. The van der Waals surface area contributed by atoms with Crippen molar-refractivity contribution in [1.29, 1.82) is 0 Å². The summed E-state index contributed by atoms with van der Waals surface area (Å²) in [7, 11) is 2.58. The number of rotatable bonds is 9. The fourth-order valence-corrected chi connectivity index (χ4v) is 15.4. The first-order chi connectivity index (χ1) is 18.8. The predicted octanol–water partition coefficient (Wildman–Crippen LogP) is 9.79. The number of thioether (sulfide) groups is 10. The van der Waals surface area contributed by atoms with Crippen LogP contribution in [0.5, 0.6) is 0 Å². The molecule has 1 aromatic rings. The first-order valence-corrected chi connectivity index (χ1v) is 20.6. The molecule has 4 heterocycles. The lowest BCUT2D eigenvalue weighted by molar-refractivity contribution is -0.138. The molecule has 3 aliphatic rings. The summed E-state index contributed by atoms with van der Waals surface area (Å²) >= 11 is 16.6. The number of hydrogen-bond donors (Lipinski definition) is 0. The number of ether oxygens (including phenoxy) is 2.